The minimum Gasteiger partial charge on any atom is -0.493 e. The van der Waals surface area contributed by atoms with Gasteiger partial charge in [0.1, 0.15) is 11.1 Å². The van der Waals surface area contributed by atoms with Gasteiger partial charge < -0.3 is 38.3 Å². The second kappa shape index (κ2) is 12.5. The molecule has 12 heteroatoms. The highest BCUT2D eigenvalue weighted by molar-refractivity contribution is 5.88. The summed E-state index contributed by atoms with van der Waals surface area (Å²) in [6, 6.07) is 10.3. The molecule has 0 amide bonds. The van der Waals surface area contributed by atoms with Crippen LogP contribution in [0.25, 0.3) is 22.5 Å². The van der Waals surface area contributed by atoms with Gasteiger partial charge in [0.15, 0.2) is 33.9 Å². The molecule has 4 aromatic rings. The number of rotatable bonds is 6. The first kappa shape index (κ1) is 31.9. The second-order valence-electron chi connectivity index (χ2n) is 11.1. The molecular formula is C34H34N2O10. The zero-order valence-electron chi connectivity index (χ0n) is 26.2. The molecule has 2 aliphatic heterocycles. The number of benzene rings is 2. The number of fused-ring (bicyclic) bond motifs is 6. The number of carboxylic acids is 2. The molecule has 0 fully saturated rings. The summed E-state index contributed by atoms with van der Waals surface area (Å²) in [6.07, 6.45) is 4.27. The third-order valence-corrected chi connectivity index (χ3v) is 8.37. The van der Waals surface area contributed by atoms with Gasteiger partial charge in [-0.05, 0) is 62.1 Å². The van der Waals surface area contributed by atoms with Crippen molar-refractivity contribution in [1.29, 1.82) is 0 Å². The van der Waals surface area contributed by atoms with E-state index in [2.05, 4.69) is 0 Å². The van der Waals surface area contributed by atoms with E-state index in [1.807, 2.05) is 47.2 Å². The number of carbonyl (C=O) groups is 2. The first-order valence-corrected chi connectivity index (χ1v) is 14.4. The quantitative estimate of drug-likeness (QED) is 0.306. The van der Waals surface area contributed by atoms with E-state index in [0.29, 0.717) is 47.2 Å². The molecule has 4 heterocycles. The minimum absolute atomic E-state index is 0.0364. The highest BCUT2D eigenvalue weighted by Crippen LogP contribution is 2.42. The Kier molecular flexibility index (Phi) is 8.64. The van der Waals surface area contributed by atoms with Gasteiger partial charge in [-0.25, -0.2) is 9.59 Å². The minimum atomic E-state index is -1.21. The molecule has 2 aliphatic rings. The van der Waals surface area contributed by atoms with Crippen LogP contribution in [0.2, 0.25) is 0 Å². The fourth-order valence-electron chi connectivity index (χ4n) is 6.07. The summed E-state index contributed by atoms with van der Waals surface area (Å²) in [5.41, 5.74) is 3.73. The summed E-state index contributed by atoms with van der Waals surface area (Å²) in [7, 11) is 6.26. The molecule has 0 saturated heterocycles. The van der Waals surface area contributed by atoms with E-state index in [1.54, 1.807) is 28.4 Å². The Bertz CT molecular complexity index is 1850. The number of nitrogens with zero attached hydrogens (tertiary/aromatic N) is 2. The van der Waals surface area contributed by atoms with Gasteiger partial charge in [-0.15, -0.1) is 0 Å². The predicted molar refractivity (Wildman–Crippen MR) is 169 cm³/mol. The van der Waals surface area contributed by atoms with Crippen molar-refractivity contribution in [1.82, 2.24) is 9.13 Å². The van der Waals surface area contributed by atoms with Crippen LogP contribution in [-0.2, 0) is 12.8 Å². The summed E-state index contributed by atoms with van der Waals surface area (Å²) in [4.78, 5) is 46.5. The lowest BCUT2D eigenvalue weighted by Crippen LogP contribution is -2.24. The van der Waals surface area contributed by atoms with Gasteiger partial charge in [-0.2, -0.15) is 0 Å². The molecular weight excluding hydrogens is 596 g/mol. The average Bonchev–Trinajstić information content (AvgIpc) is 3.03. The van der Waals surface area contributed by atoms with Crippen LogP contribution < -0.4 is 29.8 Å². The van der Waals surface area contributed by atoms with Crippen molar-refractivity contribution in [2.75, 3.05) is 28.4 Å². The lowest BCUT2D eigenvalue weighted by Gasteiger charge is -2.29. The van der Waals surface area contributed by atoms with Gasteiger partial charge in [0, 0.05) is 47.7 Å². The Hall–Kier alpha value is -5.52. The summed E-state index contributed by atoms with van der Waals surface area (Å²) in [5, 5.41) is 18.3. The third-order valence-electron chi connectivity index (χ3n) is 8.37. The SMILES string of the molecule is COc1cc2c(cc1OC)-c1cc(=O)c(C(=O)O)cn1[C@@H](C)C2.COc1cc2c(cc1OC)-c1cc(=O)c(C(=O)O)cn1[C@H](C)C2. The Balaban J connectivity index is 0.000000181. The van der Waals surface area contributed by atoms with Crippen molar-refractivity contribution in [2.45, 2.75) is 38.8 Å². The summed E-state index contributed by atoms with van der Waals surface area (Å²) < 4.78 is 25.0. The van der Waals surface area contributed by atoms with Gasteiger partial charge in [0.25, 0.3) is 0 Å². The molecule has 12 nitrogen and oxygen atoms in total. The molecule has 0 bridgehead atoms. The fourth-order valence-corrected chi connectivity index (χ4v) is 6.07. The molecule has 0 unspecified atom stereocenters. The maximum Gasteiger partial charge on any atom is 0.341 e. The second-order valence-corrected chi connectivity index (χ2v) is 11.1. The smallest absolute Gasteiger partial charge is 0.341 e. The Morgan fingerprint density at radius 1 is 0.609 bits per heavy atom. The molecule has 0 radical (unpaired) electrons. The molecule has 240 valence electrons. The molecule has 2 aromatic heterocycles. The van der Waals surface area contributed by atoms with Crippen LogP contribution in [0.1, 0.15) is 57.8 Å². The number of aromatic nitrogens is 2. The van der Waals surface area contributed by atoms with Crippen molar-refractivity contribution >= 4 is 11.9 Å². The maximum absolute atomic E-state index is 12.1. The first-order valence-electron chi connectivity index (χ1n) is 14.4. The topological polar surface area (TPSA) is 156 Å². The van der Waals surface area contributed by atoms with Crippen LogP contribution in [0.4, 0.5) is 0 Å². The summed E-state index contributed by atoms with van der Waals surface area (Å²) in [5.74, 6) is -0.0109. The largest absolute Gasteiger partial charge is 0.493 e. The van der Waals surface area contributed by atoms with Crippen molar-refractivity contribution < 1.29 is 38.7 Å². The fraction of sp³-hybridized carbons (Fsp3) is 0.294. The molecule has 0 spiro atoms. The molecule has 0 saturated carbocycles. The summed E-state index contributed by atoms with van der Waals surface area (Å²) >= 11 is 0. The average molecular weight is 631 g/mol. The van der Waals surface area contributed by atoms with Crippen LogP contribution in [-0.4, -0.2) is 59.7 Å². The number of methoxy groups -OCH3 is 4. The lowest BCUT2D eigenvalue weighted by atomic mass is 9.92. The lowest BCUT2D eigenvalue weighted by molar-refractivity contribution is 0.0683. The van der Waals surface area contributed by atoms with Crippen LogP contribution >= 0.6 is 0 Å². The van der Waals surface area contributed by atoms with Crippen molar-refractivity contribution in [2.24, 2.45) is 0 Å². The van der Waals surface area contributed by atoms with Gasteiger partial charge in [-0.1, -0.05) is 0 Å². The standard InChI is InChI=1S/2C17H17NO5/c2*1-9-4-10-5-15(22-2)16(23-3)6-11(10)13-7-14(19)12(17(20)21)8-18(9)13/h2*5-9H,4H2,1-3H3,(H,20,21)/t2*9-/m10/s1. The molecule has 2 N–H and O–H groups in total. The highest BCUT2D eigenvalue weighted by Gasteiger charge is 2.27. The van der Waals surface area contributed by atoms with Gasteiger partial charge >= 0.3 is 11.9 Å². The van der Waals surface area contributed by atoms with Crippen LogP contribution in [0.3, 0.4) is 0 Å². The zero-order valence-corrected chi connectivity index (χ0v) is 26.2. The number of carboxylic acid groups (broad SMARTS) is 2. The van der Waals surface area contributed by atoms with E-state index in [-0.39, 0.29) is 23.2 Å². The van der Waals surface area contributed by atoms with E-state index in [4.69, 9.17) is 29.2 Å². The van der Waals surface area contributed by atoms with E-state index in [0.717, 1.165) is 22.3 Å². The molecule has 2 atom stereocenters. The third kappa shape index (κ3) is 5.57. The highest BCUT2D eigenvalue weighted by atomic mass is 16.5. The van der Waals surface area contributed by atoms with Crippen molar-refractivity contribution in [3.63, 3.8) is 0 Å². The van der Waals surface area contributed by atoms with Crippen molar-refractivity contribution in [3.8, 4) is 45.5 Å². The number of ether oxygens (including phenoxy) is 4. The molecule has 46 heavy (non-hydrogen) atoms. The zero-order chi connectivity index (χ0) is 33.4. The van der Waals surface area contributed by atoms with Gasteiger partial charge in [0.2, 0.25) is 0 Å². The number of hydrogen-bond acceptors (Lipinski definition) is 8. The molecule has 6 rings (SSSR count). The maximum atomic E-state index is 12.1. The normalized spacial score (nSPS) is 15.5. The van der Waals surface area contributed by atoms with E-state index in [9.17, 15) is 19.2 Å². The predicted octanol–water partition coefficient (Wildman–Crippen LogP) is 4.70. The molecule has 2 aromatic carbocycles. The Labute approximate surface area is 264 Å². The van der Waals surface area contributed by atoms with Crippen LogP contribution in [0.5, 0.6) is 23.0 Å². The number of aromatic carboxylic acids is 2. The Morgan fingerprint density at radius 2 is 0.935 bits per heavy atom. The number of hydrogen-bond donors (Lipinski definition) is 2. The van der Waals surface area contributed by atoms with Crippen LogP contribution in [0, 0.1) is 0 Å². The Morgan fingerprint density at radius 3 is 1.24 bits per heavy atom. The van der Waals surface area contributed by atoms with Crippen LogP contribution in [0.15, 0.2) is 58.4 Å². The van der Waals surface area contributed by atoms with Crippen molar-refractivity contribution in [3.05, 3.63) is 91.5 Å². The van der Waals surface area contributed by atoms with E-state index < -0.39 is 22.8 Å². The van der Waals surface area contributed by atoms with Gasteiger partial charge in [-0.3, -0.25) is 9.59 Å². The van der Waals surface area contributed by atoms with E-state index in [1.165, 1.54) is 24.5 Å². The van der Waals surface area contributed by atoms with Gasteiger partial charge in [0.05, 0.1) is 39.8 Å². The monoisotopic (exact) mass is 630 g/mol. The first-order chi connectivity index (χ1) is 21.9. The number of pyridine rings is 2. The molecule has 0 aliphatic carbocycles. The van der Waals surface area contributed by atoms with E-state index >= 15 is 0 Å². The summed E-state index contributed by atoms with van der Waals surface area (Å²) in [6.45, 7) is 3.97.